The van der Waals surface area contributed by atoms with E-state index in [4.69, 9.17) is 14.2 Å². The van der Waals surface area contributed by atoms with Crippen LogP contribution in [0.25, 0.3) is 0 Å². The maximum Gasteiger partial charge on any atom is 0.310 e. The Bertz CT molecular complexity index is 731. The lowest BCUT2D eigenvalue weighted by Gasteiger charge is -2.23. The maximum absolute atomic E-state index is 13.8. The van der Waals surface area contributed by atoms with Crippen LogP contribution in [0.3, 0.4) is 0 Å². The third-order valence-corrected chi connectivity index (χ3v) is 5.06. The molecular formula is C19H27FIN3O4. The number of likely N-dealkylation sites (tertiary alicyclic amines) is 1. The molecule has 0 radical (unpaired) electrons. The van der Waals surface area contributed by atoms with Crippen molar-refractivity contribution >= 4 is 35.9 Å². The molecule has 2 aliphatic rings. The quantitative estimate of drug-likeness (QED) is 0.292. The van der Waals surface area contributed by atoms with Gasteiger partial charge in [0.1, 0.15) is 11.6 Å². The highest BCUT2D eigenvalue weighted by molar-refractivity contribution is 14.0. The number of rotatable bonds is 4. The highest BCUT2D eigenvalue weighted by Gasteiger charge is 2.36. The number of guanidine groups is 1. The molecule has 1 aromatic carbocycles. The highest BCUT2D eigenvalue weighted by Crippen LogP contribution is 2.29. The average Bonchev–Trinajstić information content (AvgIpc) is 3.05. The van der Waals surface area contributed by atoms with Crippen LogP contribution in [0, 0.1) is 17.7 Å². The molecule has 0 aromatic heterocycles. The van der Waals surface area contributed by atoms with Crippen LogP contribution in [0.1, 0.15) is 18.1 Å². The summed E-state index contributed by atoms with van der Waals surface area (Å²) in [6, 6.07) is 2.95. The monoisotopic (exact) mass is 507 g/mol. The molecule has 3 rings (SSSR count). The number of carbonyl (C=O) groups excluding carboxylic acids is 1. The zero-order valence-corrected chi connectivity index (χ0v) is 18.7. The van der Waals surface area contributed by atoms with Crippen molar-refractivity contribution in [1.29, 1.82) is 0 Å². The maximum atomic E-state index is 13.8. The lowest BCUT2D eigenvalue weighted by atomic mass is 9.99. The number of methoxy groups -OCH3 is 1. The second kappa shape index (κ2) is 10.2. The van der Waals surface area contributed by atoms with Crippen LogP contribution in [0.15, 0.2) is 17.1 Å². The van der Waals surface area contributed by atoms with Gasteiger partial charge in [-0.05, 0) is 30.0 Å². The van der Waals surface area contributed by atoms with Crippen molar-refractivity contribution < 1.29 is 23.4 Å². The topological polar surface area (TPSA) is 72.4 Å². The Morgan fingerprint density at radius 1 is 1.43 bits per heavy atom. The van der Waals surface area contributed by atoms with Crippen LogP contribution in [0.4, 0.5) is 4.39 Å². The average molecular weight is 507 g/mol. The predicted octanol–water partition coefficient (Wildman–Crippen LogP) is 2.17. The Hall–Kier alpha value is -1.62. The molecule has 1 aromatic rings. The van der Waals surface area contributed by atoms with Crippen LogP contribution in [-0.2, 0) is 27.3 Å². The van der Waals surface area contributed by atoms with Gasteiger partial charge in [-0.15, -0.1) is 24.0 Å². The molecule has 2 aliphatic heterocycles. The second-order valence-electron chi connectivity index (χ2n) is 6.90. The van der Waals surface area contributed by atoms with E-state index in [-0.39, 0.29) is 54.4 Å². The summed E-state index contributed by atoms with van der Waals surface area (Å²) >= 11 is 0. The number of esters is 1. The van der Waals surface area contributed by atoms with Crippen molar-refractivity contribution in [1.82, 2.24) is 10.2 Å². The zero-order valence-electron chi connectivity index (χ0n) is 16.4. The van der Waals surface area contributed by atoms with E-state index in [2.05, 4.69) is 15.2 Å². The smallest absolute Gasteiger partial charge is 0.310 e. The first-order valence-electron chi connectivity index (χ1n) is 9.08. The van der Waals surface area contributed by atoms with E-state index in [1.54, 1.807) is 7.05 Å². The number of hydrogen-bond donors (Lipinski definition) is 1. The van der Waals surface area contributed by atoms with Gasteiger partial charge in [0.15, 0.2) is 12.8 Å². The summed E-state index contributed by atoms with van der Waals surface area (Å²) in [5.74, 6) is 0.988. The summed E-state index contributed by atoms with van der Waals surface area (Å²) in [7, 11) is 3.13. The molecule has 0 spiro atoms. The largest absolute Gasteiger partial charge is 0.469 e. The van der Waals surface area contributed by atoms with Crippen molar-refractivity contribution in [2.45, 2.75) is 20.0 Å². The SMILES string of the molecule is CN=C(NCCc1cc(F)cc2c1OCOC2)N1CC(C)C(C(=O)OC)C1.I. The minimum absolute atomic E-state index is 0. The van der Waals surface area contributed by atoms with E-state index in [0.717, 1.165) is 23.6 Å². The third kappa shape index (κ3) is 5.05. The summed E-state index contributed by atoms with van der Waals surface area (Å²) < 4.78 is 29.5. The van der Waals surface area contributed by atoms with E-state index in [9.17, 15) is 9.18 Å². The summed E-state index contributed by atoms with van der Waals surface area (Å²) in [5, 5.41) is 3.30. The molecule has 156 valence electrons. The number of fused-ring (bicyclic) bond motifs is 1. The van der Waals surface area contributed by atoms with Gasteiger partial charge in [-0.1, -0.05) is 6.92 Å². The van der Waals surface area contributed by atoms with E-state index < -0.39 is 0 Å². The van der Waals surface area contributed by atoms with Gasteiger partial charge in [-0.2, -0.15) is 0 Å². The Morgan fingerprint density at radius 3 is 2.93 bits per heavy atom. The standard InChI is InChI=1S/C19H26FN3O4.HI/c1-12-8-23(9-16(12)18(24)25-3)19(21-2)22-5-4-13-6-15(20)7-14-10-26-11-27-17(13)14;/h6-7,12,16H,4-5,8-11H2,1-3H3,(H,21,22);1H. The van der Waals surface area contributed by atoms with E-state index >= 15 is 0 Å². The molecule has 1 fully saturated rings. The molecular weight excluding hydrogens is 480 g/mol. The molecule has 2 atom stereocenters. The van der Waals surface area contributed by atoms with E-state index in [1.807, 2.05) is 6.92 Å². The summed E-state index contributed by atoms with van der Waals surface area (Å²) in [4.78, 5) is 18.2. The van der Waals surface area contributed by atoms with Gasteiger partial charge in [0.05, 0.1) is 19.6 Å². The van der Waals surface area contributed by atoms with Crippen molar-refractivity contribution in [2.24, 2.45) is 16.8 Å². The highest BCUT2D eigenvalue weighted by atomic mass is 127. The predicted molar refractivity (Wildman–Crippen MR) is 113 cm³/mol. The summed E-state index contributed by atoms with van der Waals surface area (Å²) in [5.41, 5.74) is 1.54. The molecule has 2 unspecified atom stereocenters. The molecule has 0 aliphatic carbocycles. The van der Waals surface area contributed by atoms with Gasteiger partial charge in [-0.3, -0.25) is 9.79 Å². The fourth-order valence-electron chi connectivity index (χ4n) is 3.68. The Morgan fingerprint density at radius 2 is 2.21 bits per heavy atom. The van der Waals surface area contributed by atoms with Crippen molar-refractivity contribution in [3.63, 3.8) is 0 Å². The number of nitrogens with one attached hydrogen (secondary N) is 1. The Labute approximate surface area is 181 Å². The summed E-state index contributed by atoms with van der Waals surface area (Å²) in [6.45, 7) is 4.45. The molecule has 28 heavy (non-hydrogen) atoms. The zero-order chi connectivity index (χ0) is 19.4. The number of aliphatic imine (C=N–C) groups is 1. The Kier molecular flexibility index (Phi) is 8.29. The van der Waals surface area contributed by atoms with Gasteiger partial charge in [0.2, 0.25) is 0 Å². The van der Waals surface area contributed by atoms with Crippen molar-refractivity contribution in [3.8, 4) is 5.75 Å². The van der Waals surface area contributed by atoms with E-state index in [1.165, 1.54) is 19.2 Å². The number of carbonyl (C=O) groups is 1. The number of benzene rings is 1. The van der Waals surface area contributed by atoms with Gasteiger partial charge in [0, 0.05) is 32.2 Å². The van der Waals surface area contributed by atoms with Gasteiger partial charge in [-0.25, -0.2) is 4.39 Å². The molecule has 1 N–H and O–H groups in total. The first-order valence-corrected chi connectivity index (χ1v) is 9.08. The van der Waals surface area contributed by atoms with Crippen LogP contribution in [0.5, 0.6) is 5.75 Å². The van der Waals surface area contributed by atoms with E-state index in [0.29, 0.717) is 31.9 Å². The number of ether oxygens (including phenoxy) is 3. The minimum atomic E-state index is -0.295. The second-order valence-corrected chi connectivity index (χ2v) is 6.90. The minimum Gasteiger partial charge on any atom is -0.469 e. The van der Waals surface area contributed by atoms with Crippen LogP contribution >= 0.6 is 24.0 Å². The number of nitrogens with zero attached hydrogens (tertiary/aromatic N) is 2. The van der Waals surface area contributed by atoms with Gasteiger partial charge >= 0.3 is 5.97 Å². The van der Waals surface area contributed by atoms with Crippen molar-refractivity contribution in [3.05, 3.63) is 29.1 Å². The first-order chi connectivity index (χ1) is 13.0. The first kappa shape index (κ1) is 22.7. The molecule has 9 heteroatoms. The van der Waals surface area contributed by atoms with Gasteiger partial charge < -0.3 is 24.4 Å². The van der Waals surface area contributed by atoms with Crippen molar-refractivity contribution in [2.75, 3.05) is 40.6 Å². The molecule has 1 saturated heterocycles. The lowest BCUT2D eigenvalue weighted by molar-refractivity contribution is -0.145. The number of halogens is 2. The Balaban J connectivity index is 0.00000280. The third-order valence-electron chi connectivity index (χ3n) is 5.06. The molecule has 0 saturated carbocycles. The molecule has 2 heterocycles. The normalized spacial score (nSPS) is 21.4. The summed E-state index contributed by atoms with van der Waals surface area (Å²) in [6.07, 6.45) is 0.586. The van der Waals surface area contributed by atoms with Crippen LogP contribution < -0.4 is 10.1 Å². The molecule has 0 amide bonds. The van der Waals surface area contributed by atoms with Crippen LogP contribution in [0.2, 0.25) is 0 Å². The van der Waals surface area contributed by atoms with Crippen LogP contribution in [-0.4, -0.2) is 57.4 Å². The lowest BCUT2D eigenvalue weighted by Crippen LogP contribution is -2.41. The number of hydrogen-bond acceptors (Lipinski definition) is 5. The molecule has 7 nitrogen and oxygen atoms in total. The molecule has 0 bridgehead atoms. The fourth-order valence-corrected chi connectivity index (χ4v) is 3.68. The van der Waals surface area contributed by atoms with Gasteiger partial charge in [0.25, 0.3) is 0 Å². The fraction of sp³-hybridized carbons (Fsp3) is 0.579.